The molecule has 3 rings (SSSR count). The van der Waals surface area contributed by atoms with Crippen LogP contribution in [-0.4, -0.2) is 10.5 Å². The highest BCUT2D eigenvalue weighted by Crippen LogP contribution is 2.27. The number of amides is 1. The summed E-state index contributed by atoms with van der Waals surface area (Å²) in [6.45, 7) is 4.19. The minimum Gasteiger partial charge on any atom is -0.326 e. The molecule has 0 bridgehead atoms. The molecule has 3 heteroatoms. The zero-order valence-corrected chi connectivity index (χ0v) is 12.0. The lowest BCUT2D eigenvalue weighted by molar-refractivity contribution is -0.122. The number of aromatic nitrogens is 1. The van der Waals surface area contributed by atoms with Gasteiger partial charge in [0.25, 0.3) is 0 Å². The van der Waals surface area contributed by atoms with E-state index in [2.05, 4.69) is 48.0 Å². The molecule has 1 aromatic heterocycles. The number of carbonyl (C=O) groups excluding carboxylic acids is 1. The Morgan fingerprint density at radius 1 is 1.05 bits per heavy atom. The average Bonchev–Trinajstić information content (AvgIpc) is 2.68. The summed E-state index contributed by atoms with van der Waals surface area (Å²) in [6.07, 6.45) is 3.25. The smallest absolute Gasteiger partial charge is 0.227 e. The molecule has 1 saturated carbocycles. The summed E-state index contributed by atoms with van der Waals surface area (Å²) in [5, 5.41) is 3.00. The van der Waals surface area contributed by atoms with Crippen molar-refractivity contribution in [2.24, 2.45) is 5.92 Å². The maximum atomic E-state index is 11.9. The second-order valence-corrected chi connectivity index (χ2v) is 5.62. The average molecular weight is 268 g/mol. The van der Waals surface area contributed by atoms with Gasteiger partial charge in [0, 0.05) is 28.7 Å². The van der Waals surface area contributed by atoms with Gasteiger partial charge in [-0.2, -0.15) is 0 Å². The van der Waals surface area contributed by atoms with Crippen molar-refractivity contribution in [2.75, 3.05) is 5.32 Å². The molecule has 2 aromatic rings. The molecular formula is C17H20N2O. The Morgan fingerprint density at radius 3 is 2.15 bits per heavy atom. The van der Waals surface area contributed by atoms with Gasteiger partial charge in [-0.15, -0.1) is 0 Å². The van der Waals surface area contributed by atoms with Crippen LogP contribution >= 0.6 is 0 Å². The largest absolute Gasteiger partial charge is 0.326 e. The second kappa shape index (κ2) is 5.16. The quantitative estimate of drug-likeness (QED) is 0.901. The molecule has 3 nitrogen and oxygen atoms in total. The Balaban J connectivity index is 1.76. The van der Waals surface area contributed by atoms with E-state index in [0.717, 1.165) is 24.2 Å². The highest BCUT2D eigenvalue weighted by atomic mass is 16.1. The first-order chi connectivity index (χ1) is 9.65. The Kier molecular flexibility index (Phi) is 3.35. The zero-order chi connectivity index (χ0) is 14.1. The van der Waals surface area contributed by atoms with Crippen molar-refractivity contribution in [3.05, 3.63) is 47.8 Å². The van der Waals surface area contributed by atoms with Crippen LogP contribution in [0.2, 0.25) is 0 Å². The zero-order valence-electron chi connectivity index (χ0n) is 12.0. The first-order valence-electron chi connectivity index (χ1n) is 7.21. The van der Waals surface area contributed by atoms with Crippen LogP contribution in [0.1, 0.15) is 30.7 Å². The molecular weight excluding hydrogens is 248 g/mol. The van der Waals surface area contributed by atoms with Gasteiger partial charge in [-0.25, -0.2) is 0 Å². The fourth-order valence-electron chi connectivity index (χ4n) is 2.68. The molecule has 0 spiro atoms. The first kappa shape index (κ1) is 13.0. The van der Waals surface area contributed by atoms with Gasteiger partial charge in [0.2, 0.25) is 5.91 Å². The summed E-state index contributed by atoms with van der Waals surface area (Å²) >= 11 is 0. The van der Waals surface area contributed by atoms with Crippen LogP contribution in [-0.2, 0) is 4.79 Å². The SMILES string of the molecule is Cc1ccc(C)n1-c1ccc(NC(=O)C2CCC2)cc1. The number of rotatable bonds is 3. The predicted octanol–water partition coefficient (Wildman–Crippen LogP) is 3.83. The van der Waals surface area contributed by atoms with Crippen molar-refractivity contribution >= 4 is 11.6 Å². The van der Waals surface area contributed by atoms with Crippen LogP contribution in [0, 0.1) is 19.8 Å². The van der Waals surface area contributed by atoms with E-state index in [9.17, 15) is 4.79 Å². The van der Waals surface area contributed by atoms with Crippen molar-refractivity contribution in [1.82, 2.24) is 4.57 Å². The Morgan fingerprint density at radius 2 is 1.65 bits per heavy atom. The number of benzene rings is 1. The summed E-state index contributed by atoms with van der Waals surface area (Å²) in [6, 6.07) is 12.3. The normalized spacial score (nSPS) is 14.9. The molecule has 0 aliphatic heterocycles. The van der Waals surface area contributed by atoms with Gasteiger partial charge < -0.3 is 9.88 Å². The number of nitrogens with zero attached hydrogens (tertiary/aromatic N) is 1. The molecule has 0 unspecified atom stereocenters. The Bertz CT molecular complexity index is 601. The fourth-order valence-corrected chi connectivity index (χ4v) is 2.68. The van der Waals surface area contributed by atoms with Gasteiger partial charge in [-0.1, -0.05) is 6.42 Å². The van der Waals surface area contributed by atoms with E-state index in [0.29, 0.717) is 0 Å². The van der Waals surface area contributed by atoms with E-state index in [-0.39, 0.29) is 11.8 Å². The molecule has 0 atom stereocenters. The number of hydrogen-bond donors (Lipinski definition) is 1. The minimum absolute atomic E-state index is 0.164. The predicted molar refractivity (Wildman–Crippen MR) is 81.2 cm³/mol. The van der Waals surface area contributed by atoms with E-state index < -0.39 is 0 Å². The molecule has 1 aliphatic rings. The fraction of sp³-hybridized carbons (Fsp3) is 0.353. The van der Waals surface area contributed by atoms with Gasteiger partial charge >= 0.3 is 0 Å². The van der Waals surface area contributed by atoms with Crippen LogP contribution in [0.15, 0.2) is 36.4 Å². The third kappa shape index (κ3) is 2.36. The van der Waals surface area contributed by atoms with E-state index in [4.69, 9.17) is 0 Å². The number of nitrogens with one attached hydrogen (secondary N) is 1. The highest BCUT2D eigenvalue weighted by molar-refractivity contribution is 5.93. The number of carbonyl (C=O) groups is 1. The second-order valence-electron chi connectivity index (χ2n) is 5.62. The topological polar surface area (TPSA) is 34.0 Å². The highest BCUT2D eigenvalue weighted by Gasteiger charge is 2.25. The molecule has 1 amide bonds. The third-order valence-electron chi connectivity index (χ3n) is 4.14. The maximum absolute atomic E-state index is 11.9. The molecule has 0 saturated heterocycles. The van der Waals surface area contributed by atoms with Gasteiger partial charge in [-0.05, 0) is 63.1 Å². The van der Waals surface area contributed by atoms with Crippen molar-refractivity contribution in [3.63, 3.8) is 0 Å². The lowest BCUT2D eigenvalue weighted by Crippen LogP contribution is -2.27. The van der Waals surface area contributed by atoms with Crippen LogP contribution < -0.4 is 5.32 Å². The van der Waals surface area contributed by atoms with Crippen LogP contribution in [0.5, 0.6) is 0 Å². The molecule has 1 fully saturated rings. The van der Waals surface area contributed by atoms with Gasteiger partial charge in [0.1, 0.15) is 0 Å². The molecule has 1 heterocycles. The summed E-state index contributed by atoms with van der Waals surface area (Å²) in [4.78, 5) is 11.9. The number of anilines is 1. The molecule has 1 aliphatic carbocycles. The number of hydrogen-bond acceptors (Lipinski definition) is 1. The summed E-state index contributed by atoms with van der Waals surface area (Å²) in [5.41, 5.74) is 4.45. The van der Waals surface area contributed by atoms with Crippen molar-refractivity contribution < 1.29 is 4.79 Å². The minimum atomic E-state index is 0.164. The van der Waals surface area contributed by atoms with Gasteiger partial charge in [-0.3, -0.25) is 4.79 Å². The van der Waals surface area contributed by atoms with Gasteiger partial charge in [0.15, 0.2) is 0 Å². The van der Waals surface area contributed by atoms with Gasteiger partial charge in [0.05, 0.1) is 0 Å². The maximum Gasteiger partial charge on any atom is 0.227 e. The summed E-state index contributed by atoms with van der Waals surface area (Å²) < 4.78 is 2.21. The van der Waals surface area contributed by atoms with Crippen molar-refractivity contribution in [3.8, 4) is 5.69 Å². The monoisotopic (exact) mass is 268 g/mol. The third-order valence-corrected chi connectivity index (χ3v) is 4.14. The Labute approximate surface area is 119 Å². The molecule has 104 valence electrons. The Hall–Kier alpha value is -2.03. The number of aryl methyl sites for hydroxylation is 2. The molecule has 0 radical (unpaired) electrons. The molecule has 1 N–H and O–H groups in total. The van der Waals surface area contributed by atoms with E-state index in [1.54, 1.807) is 0 Å². The van der Waals surface area contributed by atoms with Crippen LogP contribution in [0.4, 0.5) is 5.69 Å². The van der Waals surface area contributed by atoms with Crippen LogP contribution in [0.25, 0.3) is 5.69 Å². The van der Waals surface area contributed by atoms with Crippen molar-refractivity contribution in [1.29, 1.82) is 0 Å². The van der Waals surface area contributed by atoms with E-state index in [1.165, 1.54) is 17.8 Å². The van der Waals surface area contributed by atoms with Crippen molar-refractivity contribution in [2.45, 2.75) is 33.1 Å². The lowest BCUT2D eigenvalue weighted by Gasteiger charge is -2.24. The van der Waals surface area contributed by atoms with Crippen LogP contribution in [0.3, 0.4) is 0 Å². The summed E-state index contributed by atoms with van der Waals surface area (Å²) in [5.74, 6) is 0.390. The summed E-state index contributed by atoms with van der Waals surface area (Å²) in [7, 11) is 0. The van der Waals surface area contributed by atoms with E-state index in [1.807, 2.05) is 12.1 Å². The lowest BCUT2D eigenvalue weighted by atomic mass is 9.85. The molecule has 20 heavy (non-hydrogen) atoms. The van der Waals surface area contributed by atoms with E-state index >= 15 is 0 Å². The standard InChI is InChI=1S/C17H20N2O/c1-12-6-7-13(2)19(12)16-10-8-15(9-11-16)18-17(20)14-4-3-5-14/h6-11,14H,3-5H2,1-2H3,(H,18,20). The first-order valence-corrected chi connectivity index (χ1v) is 7.21. The molecule has 1 aromatic carbocycles.